The average Bonchev–Trinajstić information content (AvgIpc) is 3.05. The molecule has 1 aliphatic carbocycles. The van der Waals surface area contributed by atoms with E-state index in [-0.39, 0.29) is 6.10 Å². The van der Waals surface area contributed by atoms with Crippen LogP contribution in [0.4, 0.5) is 0 Å². The van der Waals surface area contributed by atoms with Crippen LogP contribution in [0.25, 0.3) is 5.69 Å². The van der Waals surface area contributed by atoms with Crippen LogP contribution in [0.3, 0.4) is 0 Å². The molecule has 2 aromatic heterocycles. The molecule has 1 fully saturated rings. The van der Waals surface area contributed by atoms with Crippen molar-refractivity contribution in [1.29, 1.82) is 0 Å². The van der Waals surface area contributed by atoms with E-state index in [0.717, 1.165) is 48.0 Å². The van der Waals surface area contributed by atoms with Gasteiger partial charge in [-0.15, -0.1) is 10.2 Å². The van der Waals surface area contributed by atoms with Gasteiger partial charge in [0.2, 0.25) is 5.88 Å². The molecule has 1 aromatic carbocycles. The minimum absolute atomic E-state index is 0.217. The first-order valence-electron chi connectivity index (χ1n) is 8.96. The molecule has 4 rings (SSSR count). The predicted octanol–water partition coefficient (Wildman–Crippen LogP) is 4.73. The zero-order chi connectivity index (χ0) is 17.9. The number of rotatable bonds is 4. The van der Waals surface area contributed by atoms with Gasteiger partial charge in [0.25, 0.3) is 0 Å². The topological polar surface area (TPSA) is 52.8 Å². The molecule has 0 bridgehead atoms. The Kier molecular flexibility index (Phi) is 4.89. The maximum atomic E-state index is 6.02. The zero-order valence-electron chi connectivity index (χ0n) is 14.7. The quantitative estimate of drug-likeness (QED) is 0.668. The minimum Gasteiger partial charge on any atom is -0.474 e. The van der Waals surface area contributed by atoms with Crippen molar-refractivity contribution >= 4 is 11.6 Å². The Morgan fingerprint density at radius 2 is 1.77 bits per heavy atom. The number of hydrogen-bond donors (Lipinski definition) is 0. The second-order valence-corrected chi connectivity index (χ2v) is 7.11. The highest BCUT2D eigenvalue weighted by Gasteiger charge is 2.28. The Hall–Kier alpha value is -2.40. The third-order valence-corrected chi connectivity index (χ3v) is 5.15. The lowest BCUT2D eigenvalue weighted by molar-refractivity contribution is 0.139. The summed E-state index contributed by atoms with van der Waals surface area (Å²) in [6.45, 7) is 1.99. The van der Waals surface area contributed by atoms with Crippen molar-refractivity contribution in [3.05, 3.63) is 65.3 Å². The summed E-state index contributed by atoms with van der Waals surface area (Å²) in [5, 5.41) is 9.52. The summed E-state index contributed by atoms with van der Waals surface area (Å²) in [5.74, 6) is 3.02. The number of nitrogens with zero attached hydrogens (tertiary/aromatic N) is 4. The lowest BCUT2D eigenvalue weighted by Gasteiger charge is -2.28. The molecule has 0 radical (unpaired) electrons. The fourth-order valence-corrected chi connectivity index (χ4v) is 3.70. The van der Waals surface area contributed by atoms with Crippen molar-refractivity contribution < 1.29 is 4.74 Å². The monoisotopic (exact) mass is 368 g/mol. The highest BCUT2D eigenvalue weighted by atomic mass is 35.5. The maximum Gasteiger partial charge on any atom is 0.213 e. The van der Waals surface area contributed by atoms with Gasteiger partial charge in [0.15, 0.2) is 0 Å². The van der Waals surface area contributed by atoms with Gasteiger partial charge in [0.05, 0.1) is 0 Å². The number of ether oxygens (including phenoxy) is 1. The van der Waals surface area contributed by atoms with Crippen molar-refractivity contribution in [2.24, 2.45) is 0 Å². The Labute approximate surface area is 158 Å². The molecule has 2 heterocycles. The number of aryl methyl sites for hydroxylation is 1. The Morgan fingerprint density at radius 3 is 2.46 bits per heavy atom. The molecule has 0 atom stereocenters. The van der Waals surface area contributed by atoms with Crippen LogP contribution in [0.1, 0.15) is 43.3 Å². The molecule has 0 amide bonds. The van der Waals surface area contributed by atoms with Gasteiger partial charge in [0.1, 0.15) is 17.8 Å². The van der Waals surface area contributed by atoms with Gasteiger partial charge >= 0.3 is 0 Å². The Balaban J connectivity index is 1.47. The fourth-order valence-electron chi connectivity index (χ4n) is 3.58. The van der Waals surface area contributed by atoms with Crippen molar-refractivity contribution in [3.63, 3.8) is 0 Å². The summed E-state index contributed by atoms with van der Waals surface area (Å²) in [6, 6.07) is 13.6. The minimum atomic E-state index is 0.217. The Morgan fingerprint density at radius 1 is 1.00 bits per heavy atom. The summed E-state index contributed by atoms with van der Waals surface area (Å²) < 4.78 is 8.14. The van der Waals surface area contributed by atoms with Gasteiger partial charge in [-0.05, 0) is 62.9 Å². The number of pyridine rings is 1. The first-order chi connectivity index (χ1) is 12.7. The normalized spacial score (nSPS) is 20.1. The van der Waals surface area contributed by atoms with Gasteiger partial charge < -0.3 is 4.74 Å². The Bertz CT molecular complexity index is 855. The highest BCUT2D eigenvalue weighted by Crippen LogP contribution is 2.34. The summed E-state index contributed by atoms with van der Waals surface area (Å²) >= 11 is 6.02. The van der Waals surface area contributed by atoms with Gasteiger partial charge in [-0.25, -0.2) is 4.98 Å². The second kappa shape index (κ2) is 7.46. The molecule has 0 N–H and O–H groups in total. The van der Waals surface area contributed by atoms with Crippen LogP contribution in [0, 0.1) is 6.92 Å². The van der Waals surface area contributed by atoms with Crippen LogP contribution in [0.5, 0.6) is 5.88 Å². The van der Waals surface area contributed by atoms with Crippen molar-refractivity contribution in [2.45, 2.75) is 44.6 Å². The van der Waals surface area contributed by atoms with E-state index in [4.69, 9.17) is 16.3 Å². The van der Waals surface area contributed by atoms with E-state index in [0.29, 0.717) is 11.8 Å². The smallest absolute Gasteiger partial charge is 0.213 e. The van der Waals surface area contributed by atoms with E-state index in [9.17, 15) is 0 Å². The van der Waals surface area contributed by atoms with Gasteiger partial charge in [-0.2, -0.15) is 0 Å². The first-order valence-corrected chi connectivity index (χ1v) is 9.34. The van der Waals surface area contributed by atoms with Gasteiger partial charge in [0, 0.05) is 28.9 Å². The molecule has 0 unspecified atom stereocenters. The SMILES string of the molecule is Cc1nnc(C2CCC(Oc3ccccn3)CC2)n1-c1ccc(Cl)cc1. The number of hydrogen-bond acceptors (Lipinski definition) is 4. The van der Waals surface area contributed by atoms with E-state index in [2.05, 4.69) is 19.7 Å². The third kappa shape index (κ3) is 3.58. The molecular formula is C20H21ClN4O. The summed E-state index contributed by atoms with van der Waals surface area (Å²) in [6.07, 6.45) is 6.03. The average molecular weight is 369 g/mol. The van der Waals surface area contributed by atoms with Gasteiger partial charge in [-0.3, -0.25) is 4.57 Å². The van der Waals surface area contributed by atoms with Crippen LogP contribution in [-0.2, 0) is 0 Å². The lowest BCUT2D eigenvalue weighted by Crippen LogP contribution is -2.25. The van der Waals surface area contributed by atoms with Crippen LogP contribution in [-0.4, -0.2) is 25.9 Å². The molecule has 0 aliphatic heterocycles. The molecule has 0 saturated heterocycles. The number of aromatic nitrogens is 4. The van der Waals surface area contributed by atoms with Crippen molar-refractivity contribution in [2.75, 3.05) is 0 Å². The molecule has 6 heteroatoms. The van der Waals surface area contributed by atoms with E-state index in [1.54, 1.807) is 6.20 Å². The fraction of sp³-hybridized carbons (Fsp3) is 0.350. The molecule has 5 nitrogen and oxygen atoms in total. The predicted molar refractivity (Wildman–Crippen MR) is 101 cm³/mol. The summed E-state index contributed by atoms with van der Waals surface area (Å²) in [7, 11) is 0. The molecule has 0 spiro atoms. The largest absolute Gasteiger partial charge is 0.474 e. The van der Waals surface area contributed by atoms with Crippen LogP contribution >= 0.6 is 11.6 Å². The summed E-state index contributed by atoms with van der Waals surface area (Å²) in [4.78, 5) is 4.25. The second-order valence-electron chi connectivity index (χ2n) is 6.68. The molecule has 1 saturated carbocycles. The maximum absolute atomic E-state index is 6.02. The molecular weight excluding hydrogens is 348 g/mol. The lowest BCUT2D eigenvalue weighted by atomic mass is 9.86. The van der Waals surface area contributed by atoms with E-state index < -0.39 is 0 Å². The van der Waals surface area contributed by atoms with E-state index in [1.165, 1.54) is 0 Å². The van der Waals surface area contributed by atoms with Crippen LogP contribution in [0.15, 0.2) is 48.7 Å². The van der Waals surface area contributed by atoms with Crippen molar-refractivity contribution in [1.82, 2.24) is 19.7 Å². The molecule has 3 aromatic rings. The zero-order valence-corrected chi connectivity index (χ0v) is 15.4. The number of halogens is 1. The molecule has 26 heavy (non-hydrogen) atoms. The van der Waals surface area contributed by atoms with Crippen LogP contribution in [0.2, 0.25) is 5.02 Å². The summed E-state index contributed by atoms with van der Waals surface area (Å²) in [5.41, 5.74) is 1.05. The highest BCUT2D eigenvalue weighted by molar-refractivity contribution is 6.30. The third-order valence-electron chi connectivity index (χ3n) is 4.90. The standard InChI is InChI=1S/C20H21ClN4O/c1-14-23-24-20(25(14)17-9-7-16(21)8-10-17)15-5-11-18(12-6-15)26-19-4-2-3-13-22-19/h2-4,7-10,13,15,18H,5-6,11-12H2,1H3. The molecule has 1 aliphatic rings. The van der Waals surface area contributed by atoms with Crippen LogP contribution < -0.4 is 4.74 Å². The van der Waals surface area contributed by atoms with E-state index >= 15 is 0 Å². The molecule has 134 valence electrons. The van der Waals surface area contributed by atoms with Gasteiger partial charge in [-0.1, -0.05) is 17.7 Å². The number of benzene rings is 1. The first kappa shape index (κ1) is 17.0. The van der Waals surface area contributed by atoms with Crippen molar-refractivity contribution in [3.8, 4) is 11.6 Å². The van der Waals surface area contributed by atoms with E-state index in [1.807, 2.05) is 49.4 Å².